The number of nitrogens with one attached hydrogen (secondary N) is 3. The van der Waals surface area contributed by atoms with E-state index in [9.17, 15) is 4.79 Å². The van der Waals surface area contributed by atoms with Gasteiger partial charge in [-0.2, -0.15) is 5.10 Å². The molecule has 0 aliphatic rings. The number of nitrogens with zero attached hydrogens (tertiary/aromatic N) is 3. The van der Waals surface area contributed by atoms with Crippen molar-refractivity contribution in [3.63, 3.8) is 0 Å². The van der Waals surface area contributed by atoms with E-state index < -0.39 is 0 Å². The van der Waals surface area contributed by atoms with Crippen LogP contribution in [-0.2, 0) is 6.54 Å². The normalized spacial score (nSPS) is 11.2. The summed E-state index contributed by atoms with van der Waals surface area (Å²) in [4.78, 5) is 23.0. The standard InChI is InChI=1S/C24H22N6O/c1-30(2)16-12-10-15(11-13-16)14-25-24(31)18-7-5-9-20-21(18)27-23(26-20)22-17-6-3-4-8-19(17)28-29-22/h3-13H,14H2,1-2H3,(H,25,31)(H,26,27)(H,28,29). The summed E-state index contributed by atoms with van der Waals surface area (Å²) in [6.07, 6.45) is 0. The van der Waals surface area contributed by atoms with Crippen molar-refractivity contribution in [2.45, 2.75) is 6.54 Å². The Bertz CT molecular complexity index is 1380. The highest BCUT2D eigenvalue weighted by molar-refractivity contribution is 6.05. The first-order chi connectivity index (χ1) is 15.1. The van der Waals surface area contributed by atoms with Gasteiger partial charge in [0.1, 0.15) is 11.2 Å². The van der Waals surface area contributed by atoms with E-state index in [1.807, 2.05) is 79.7 Å². The Morgan fingerprint density at radius 1 is 0.968 bits per heavy atom. The van der Waals surface area contributed by atoms with Crippen LogP contribution in [-0.4, -0.2) is 40.2 Å². The number of anilines is 1. The third-order valence-corrected chi connectivity index (χ3v) is 5.36. The van der Waals surface area contributed by atoms with Crippen molar-refractivity contribution >= 4 is 33.5 Å². The van der Waals surface area contributed by atoms with Crippen molar-refractivity contribution in [2.75, 3.05) is 19.0 Å². The molecule has 1 amide bonds. The molecule has 7 nitrogen and oxygen atoms in total. The molecule has 0 unspecified atom stereocenters. The number of amides is 1. The molecule has 0 aliphatic heterocycles. The number of aromatic nitrogens is 4. The zero-order valence-corrected chi connectivity index (χ0v) is 17.3. The number of carbonyl (C=O) groups is 1. The van der Waals surface area contributed by atoms with Gasteiger partial charge < -0.3 is 15.2 Å². The summed E-state index contributed by atoms with van der Waals surface area (Å²) >= 11 is 0. The van der Waals surface area contributed by atoms with Crippen LogP contribution in [0.25, 0.3) is 33.5 Å². The average molecular weight is 410 g/mol. The summed E-state index contributed by atoms with van der Waals surface area (Å²) in [6, 6.07) is 21.6. The van der Waals surface area contributed by atoms with Crippen LogP contribution < -0.4 is 10.2 Å². The number of aromatic amines is 2. The lowest BCUT2D eigenvalue weighted by Gasteiger charge is -2.13. The number of hydrogen-bond donors (Lipinski definition) is 3. The number of para-hydroxylation sites is 2. The summed E-state index contributed by atoms with van der Waals surface area (Å²) < 4.78 is 0. The third kappa shape index (κ3) is 3.50. The van der Waals surface area contributed by atoms with Gasteiger partial charge in [0.05, 0.1) is 16.6 Å². The Kier molecular flexibility index (Phi) is 4.63. The van der Waals surface area contributed by atoms with E-state index in [1.54, 1.807) is 6.07 Å². The predicted molar refractivity (Wildman–Crippen MR) is 123 cm³/mol. The van der Waals surface area contributed by atoms with Crippen molar-refractivity contribution in [2.24, 2.45) is 0 Å². The van der Waals surface area contributed by atoms with Crippen LogP contribution in [0.5, 0.6) is 0 Å². The van der Waals surface area contributed by atoms with Gasteiger partial charge in [0.2, 0.25) is 0 Å². The summed E-state index contributed by atoms with van der Waals surface area (Å²) in [6.45, 7) is 0.449. The maximum atomic E-state index is 12.9. The van der Waals surface area contributed by atoms with Crippen LogP contribution in [0.1, 0.15) is 15.9 Å². The van der Waals surface area contributed by atoms with E-state index >= 15 is 0 Å². The molecule has 2 heterocycles. The first-order valence-corrected chi connectivity index (χ1v) is 10.1. The molecule has 0 fully saturated rings. The number of H-pyrrole nitrogens is 2. The van der Waals surface area contributed by atoms with E-state index in [0.29, 0.717) is 23.4 Å². The number of fused-ring (bicyclic) bond motifs is 2. The third-order valence-electron chi connectivity index (χ3n) is 5.36. The van der Waals surface area contributed by atoms with E-state index in [2.05, 4.69) is 20.5 Å². The lowest BCUT2D eigenvalue weighted by atomic mass is 10.1. The predicted octanol–water partition coefficient (Wildman–Crippen LogP) is 4.10. The highest BCUT2D eigenvalue weighted by atomic mass is 16.1. The second-order valence-corrected chi connectivity index (χ2v) is 7.65. The minimum Gasteiger partial charge on any atom is -0.378 e. The molecular formula is C24H22N6O. The fourth-order valence-corrected chi connectivity index (χ4v) is 3.66. The molecule has 0 saturated heterocycles. The fourth-order valence-electron chi connectivity index (χ4n) is 3.66. The average Bonchev–Trinajstić information content (AvgIpc) is 3.41. The van der Waals surface area contributed by atoms with Crippen molar-refractivity contribution in [3.05, 3.63) is 77.9 Å². The highest BCUT2D eigenvalue weighted by Crippen LogP contribution is 2.27. The topological polar surface area (TPSA) is 89.7 Å². The van der Waals surface area contributed by atoms with Gasteiger partial charge >= 0.3 is 0 Å². The minimum absolute atomic E-state index is 0.160. The molecular weight excluding hydrogens is 388 g/mol. The summed E-state index contributed by atoms with van der Waals surface area (Å²) in [5.41, 5.74) is 5.79. The molecule has 0 atom stereocenters. The maximum absolute atomic E-state index is 12.9. The molecule has 5 aromatic rings. The van der Waals surface area contributed by atoms with Crippen molar-refractivity contribution in [3.8, 4) is 11.5 Å². The molecule has 5 rings (SSSR count). The molecule has 0 spiro atoms. The molecule has 2 aromatic heterocycles. The van der Waals surface area contributed by atoms with Crippen molar-refractivity contribution < 1.29 is 4.79 Å². The Hall–Kier alpha value is -4.13. The Morgan fingerprint density at radius 3 is 2.55 bits per heavy atom. The molecule has 3 N–H and O–H groups in total. The molecule has 0 bridgehead atoms. The molecule has 31 heavy (non-hydrogen) atoms. The fraction of sp³-hybridized carbons (Fsp3) is 0.125. The molecule has 3 aromatic carbocycles. The van der Waals surface area contributed by atoms with Crippen LogP contribution in [0, 0.1) is 0 Å². The minimum atomic E-state index is -0.160. The number of hydrogen-bond acceptors (Lipinski definition) is 4. The number of carbonyl (C=O) groups excluding carboxylic acids is 1. The van der Waals surface area contributed by atoms with Crippen LogP contribution in [0.3, 0.4) is 0 Å². The summed E-state index contributed by atoms with van der Waals surface area (Å²) in [5.74, 6) is 0.471. The molecule has 154 valence electrons. The summed E-state index contributed by atoms with van der Waals surface area (Å²) in [5, 5.41) is 11.4. The quantitative estimate of drug-likeness (QED) is 0.407. The van der Waals surface area contributed by atoms with Gasteiger partial charge in [-0.25, -0.2) is 4.98 Å². The van der Waals surface area contributed by atoms with Gasteiger partial charge in [0, 0.05) is 31.7 Å². The maximum Gasteiger partial charge on any atom is 0.253 e. The first-order valence-electron chi connectivity index (χ1n) is 10.1. The van der Waals surface area contributed by atoms with E-state index in [0.717, 1.165) is 33.4 Å². The monoisotopic (exact) mass is 410 g/mol. The SMILES string of the molecule is CN(C)c1ccc(CNC(=O)c2cccc3[nH]c(-c4n[nH]c5ccccc45)nc23)cc1. The first kappa shape index (κ1) is 18.9. The van der Waals surface area contributed by atoms with Gasteiger partial charge in [-0.15, -0.1) is 0 Å². The van der Waals surface area contributed by atoms with E-state index in [4.69, 9.17) is 4.98 Å². The van der Waals surface area contributed by atoms with Crippen LogP contribution in [0.15, 0.2) is 66.7 Å². The molecule has 0 saturated carbocycles. The Labute approximate surface area is 179 Å². The van der Waals surface area contributed by atoms with Gasteiger partial charge in [-0.1, -0.05) is 36.4 Å². The highest BCUT2D eigenvalue weighted by Gasteiger charge is 2.17. The number of imidazole rings is 1. The van der Waals surface area contributed by atoms with Gasteiger partial charge in [0.25, 0.3) is 5.91 Å². The van der Waals surface area contributed by atoms with Gasteiger partial charge in [-0.3, -0.25) is 9.89 Å². The van der Waals surface area contributed by atoms with E-state index in [1.165, 1.54) is 0 Å². The van der Waals surface area contributed by atoms with Gasteiger partial charge in [-0.05, 0) is 35.9 Å². The van der Waals surface area contributed by atoms with Gasteiger partial charge in [0.15, 0.2) is 5.82 Å². The number of rotatable bonds is 5. The second kappa shape index (κ2) is 7.60. The Balaban J connectivity index is 1.41. The van der Waals surface area contributed by atoms with Crippen molar-refractivity contribution in [1.29, 1.82) is 0 Å². The zero-order chi connectivity index (χ0) is 21.4. The van der Waals surface area contributed by atoms with E-state index in [-0.39, 0.29) is 5.91 Å². The summed E-state index contributed by atoms with van der Waals surface area (Å²) in [7, 11) is 4.00. The molecule has 0 radical (unpaired) electrons. The molecule has 0 aliphatic carbocycles. The van der Waals surface area contributed by atoms with Crippen LogP contribution in [0.4, 0.5) is 5.69 Å². The largest absolute Gasteiger partial charge is 0.378 e. The smallest absolute Gasteiger partial charge is 0.253 e. The Morgan fingerprint density at radius 2 is 1.74 bits per heavy atom. The lowest BCUT2D eigenvalue weighted by molar-refractivity contribution is 0.0952. The lowest BCUT2D eigenvalue weighted by Crippen LogP contribution is -2.23. The van der Waals surface area contributed by atoms with Crippen molar-refractivity contribution in [1.82, 2.24) is 25.5 Å². The van der Waals surface area contributed by atoms with Crippen LogP contribution in [0.2, 0.25) is 0 Å². The van der Waals surface area contributed by atoms with Crippen LogP contribution >= 0.6 is 0 Å². The number of benzene rings is 3. The second-order valence-electron chi connectivity index (χ2n) is 7.65. The zero-order valence-electron chi connectivity index (χ0n) is 17.3. The molecule has 7 heteroatoms.